The molecule has 2 N–H and O–H groups in total. The number of nitrogens with two attached hydrogens (primary N) is 1. The largest absolute Gasteiger partial charge is 0.324 e. The average molecular weight is 243 g/mol. The van der Waals surface area contributed by atoms with E-state index in [0.29, 0.717) is 5.56 Å². The van der Waals surface area contributed by atoms with Gasteiger partial charge in [-0.15, -0.1) is 0 Å². The Kier molecular flexibility index (Phi) is 3.72. The molecule has 4 heteroatoms. The van der Waals surface area contributed by atoms with E-state index in [4.69, 9.17) is 5.73 Å². The molecule has 0 saturated heterocycles. The van der Waals surface area contributed by atoms with Crippen LogP contribution < -0.4 is 5.73 Å². The highest BCUT2D eigenvalue weighted by Gasteiger charge is 2.23. The molecule has 1 aliphatic carbocycles. The molecule has 0 amide bonds. The second-order valence-electron chi connectivity index (χ2n) is 4.72. The minimum absolute atomic E-state index is 0.244. The Morgan fingerprint density at radius 2 is 1.53 bits per heavy atom. The van der Waals surface area contributed by atoms with Crippen molar-refractivity contribution in [3.8, 4) is 0 Å². The lowest BCUT2D eigenvalue weighted by Crippen LogP contribution is -2.24. The van der Waals surface area contributed by atoms with Gasteiger partial charge in [-0.05, 0) is 36.5 Å². The average Bonchev–Trinajstić information content (AvgIpc) is 2.35. The Labute approximate surface area is 98.8 Å². The summed E-state index contributed by atoms with van der Waals surface area (Å²) in [5.74, 6) is -3.50. The minimum atomic E-state index is -1.43. The van der Waals surface area contributed by atoms with Crippen LogP contribution in [0.5, 0.6) is 0 Å². The molecule has 1 unspecified atom stereocenters. The maximum absolute atomic E-state index is 13.1. The van der Waals surface area contributed by atoms with Gasteiger partial charge in [0.05, 0.1) is 0 Å². The maximum Gasteiger partial charge on any atom is 0.194 e. The zero-order chi connectivity index (χ0) is 12.4. The Morgan fingerprint density at radius 3 is 2.06 bits per heavy atom. The van der Waals surface area contributed by atoms with Crippen molar-refractivity contribution in [2.75, 3.05) is 0 Å². The molecule has 1 aromatic rings. The molecule has 1 nitrogen and oxygen atoms in total. The molecule has 1 aromatic carbocycles. The summed E-state index contributed by atoms with van der Waals surface area (Å²) in [4.78, 5) is 0. The molecule has 17 heavy (non-hydrogen) atoms. The van der Waals surface area contributed by atoms with Crippen LogP contribution in [0.4, 0.5) is 13.2 Å². The number of halogens is 3. The van der Waals surface area contributed by atoms with Crippen LogP contribution in [0.25, 0.3) is 0 Å². The van der Waals surface area contributed by atoms with Crippen molar-refractivity contribution in [2.24, 2.45) is 11.7 Å². The van der Waals surface area contributed by atoms with Gasteiger partial charge in [0.25, 0.3) is 0 Å². The number of hydrogen-bond acceptors (Lipinski definition) is 1. The first kappa shape index (κ1) is 12.4. The summed E-state index contributed by atoms with van der Waals surface area (Å²) < 4.78 is 39.0. The normalized spacial score (nSPS) is 19.3. The molecule has 1 atom stereocenters. The van der Waals surface area contributed by atoms with Crippen LogP contribution in [0.2, 0.25) is 0 Å². The predicted molar refractivity (Wildman–Crippen MR) is 59.8 cm³/mol. The van der Waals surface area contributed by atoms with Crippen molar-refractivity contribution in [3.05, 3.63) is 35.1 Å². The first-order valence-corrected chi connectivity index (χ1v) is 5.99. The van der Waals surface area contributed by atoms with Gasteiger partial charge in [-0.2, -0.15) is 0 Å². The summed E-state index contributed by atoms with van der Waals surface area (Å²) >= 11 is 0. The van der Waals surface area contributed by atoms with Gasteiger partial charge in [0.2, 0.25) is 0 Å². The van der Waals surface area contributed by atoms with Crippen LogP contribution in [-0.4, -0.2) is 0 Å². The van der Waals surface area contributed by atoms with Gasteiger partial charge in [-0.3, -0.25) is 0 Å². The fourth-order valence-corrected chi connectivity index (χ4v) is 2.53. The van der Waals surface area contributed by atoms with E-state index >= 15 is 0 Å². The van der Waals surface area contributed by atoms with Crippen LogP contribution in [0.15, 0.2) is 12.1 Å². The Morgan fingerprint density at radius 1 is 1.00 bits per heavy atom. The molecule has 0 heterocycles. The summed E-state index contributed by atoms with van der Waals surface area (Å²) in [7, 11) is 0. The van der Waals surface area contributed by atoms with Gasteiger partial charge in [-0.1, -0.05) is 19.3 Å². The van der Waals surface area contributed by atoms with Gasteiger partial charge < -0.3 is 5.73 Å². The third kappa shape index (κ3) is 2.63. The van der Waals surface area contributed by atoms with E-state index in [2.05, 4.69) is 0 Å². The van der Waals surface area contributed by atoms with Crippen molar-refractivity contribution in [1.29, 1.82) is 0 Å². The number of rotatable bonds is 2. The molecule has 0 aromatic heterocycles. The molecule has 94 valence electrons. The monoisotopic (exact) mass is 243 g/mol. The molecule has 0 radical (unpaired) electrons. The fourth-order valence-electron chi connectivity index (χ4n) is 2.53. The summed E-state index contributed by atoms with van der Waals surface area (Å²) in [6, 6.07) is 1.62. The molecule has 0 spiro atoms. The second-order valence-corrected chi connectivity index (χ2v) is 4.72. The van der Waals surface area contributed by atoms with Gasteiger partial charge in [-0.25, -0.2) is 13.2 Å². The Bertz CT molecular complexity index is 377. The van der Waals surface area contributed by atoms with E-state index in [1.807, 2.05) is 0 Å². The third-order valence-corrected chi connectivity index (χ3v) is 3.55. The lowest BCUT2D eigenvalue weighted by molar-refractivity contribution is 0.306. The molecule has 1 fully saturated rings. The topological polar surface area (TPSA) is 26.0 Å². The Hall–Kier alpha value is -1.03. The van der Waals surface area contributed by atoms with Crippen LogP contribution in [-0.2, 0) is 0 Å². The standard InChI is InChI=1S/C13H16F3N/c14-10-6-9(7-11(15)12(10)16)13(17)8-4-2-1-3-5-8/h6-8,13H,1-5,17H2. The highest BCUT2D eigenvalue weighted by atomic mass is 19.2. The summed E-state index contributed by atoms with van der Waals surface area (Å²) in [5, 5.41) is 0. The van der Waals surface area contributed by atoms with Crippen LogP contribution >= 0.6 is 0 Å². The zero-order valence-electron chi connectivity index (χ0n) is 9.56. The molecule has 0 bridgehead atoms. The maximum atomic E-state index is 13.1. The van der Waals surface area contributed by atoms with E-state index in [-0.39, 0.29) is 5.92 Å². The van der Waals surface area contributed by atoms with Gasteiger partial charge >= 0.3 is 0 Å². The first-order valence-electron chi connectivity index (χ1n) is 5.99. The van der Waals surface area contributed by atoms with Crippen molar-refractivity contribution in [3.63, 3.8) is 0 Å². The van der Waals surface area contributed by atoms with E-state index in [1.165, 1.54) is 6.42 Å². The van der Waals surface area contributed by atoms with Crippen molar-refractivity contribution < 1.29 is 13.2 Å². The zero-order valence-corrected chi connectivity index (χ0v) is 9.56. The molecular weight excluding hydrogens is 227 g/mol. The number of hydrogen-bond donors (Lipinski definition) is 1. The van der Waals surface area contributed by atoms with Crippen molar-refractivity contribution in [1.82, 2.24) is 0 Å². The lowest BCUT2D eigenvalue weighted by atomic mass is 9.81. The lowest BCUT2D eigenvalue weighted by Gasteiger charge is -2.27. The minimum Gasteiger partial charge on any atom is -0.324 e. The number of benzene rings is 1. The van der Waals surface area contributed by atoms with Gasteiger partial charge in [0.15, 0.2) is 17.5 Å². The van der Waals surface area contributed by atoms with Crippen molar-refractivity contribution >= 4 is 0 Å². The van der Waals surface area contributed by atoms with E-state index in [0.717, 1.165) is 37.8 Å². The summed E-state index contributed by atoms with van der Waals surface area (Å²) in [5.41, 5.74) is 6.36. The summed E-state index contributed by atoms with van der Waals surface area (Å²) in [6.07, 6.45) is 5.34. The second kappa shape index (κ2) is 5.08. The Balaban J connectivity index is 2.21. The SMILES string of the molecule is NC(c1cc(F)c(F)c(F)c1)C1CCCCC1. The van der Waals surface area contributed by atoms with Gasteiger partial charge in [0.1, 0.15) is 0 Å². The smallest absolute Gasteiger partial charge is 0.194 e. The van der Waals surface area contributed by atoms with E-state index in [9.17, 15) is 13.2 Å². The van der Waals surface area contributed by atoms with Crippen LogP contribution in [0, 0.1) is 23.4 Å². The first-order chi connectivity index (χ1) is 8.09. The molecule has 2 rings (SSSR count). The highest BCUT2D eigenvalue weighted by Crippen LogP contribution is 2.33. The molecule has 1 saturated carbocycles. The highest BCUT2D eigenvalue weighted by molar-refractivity contribution is 5.23. The summed E-state index contributed by atoms with van der Waals surface area (Å²) in [6.45, 7) is 0. The fraction of sp³-hybridized carbons (Fsp3) is 0.538. The quantitative estimate of drug-likeness (QED) is 0.788. The molecule has 1 aliphatic rings. The third-order valence-electron chi connectivity index (χ3n) is 3.55. The van der Waals surface area contributed by atoms with E-state index in [1.54, 1.807) is 0 Å². The molecular formula is C13H16F3N. The molecule has 0 aliphatic heterocycles. The predicted octanol–water partition coefficient (Wildman–Crippen LogP) is 3.68. The van der Waals surface area contributed by atoms with Crippen LogP contribution in [0.3, 0.4) is 0 Å². The van der Waals surface area contributed by atoms with Crippen molar-refractivity contribution in [2.45, 2.75) is 38.1 Å². The van der Waals surface area contributed by atoms with E-state index < -0.39 is 23.5 Å². The van der Waals surface area contributed by atoms with Crippen LogP contribution in [0.1, 0.15) is 43.7 Å². The van der Waals surface area contributed by atoms with Gasteiger partial charge in [0, 0.05) is 6.04 Å².